The summed E-state index contributed by atoms with van der Waals surface area (Å²) in [5.41, 5.74) is 10.5. The number of hydrogen-bond donors (Lipinski definition) is 4. The number of aliphatic carboxylic acids is 1. The van der Waals surface area contributed by atoms with Crippen LogP contribution in [0.2, 0.25) is 0 Å². The molecule has 12 heteroatoms. The molecule has 5 rings (SSSR count). The maximum absolute atomic E-state index is 13.9. The lowest BCUT2D eigenvalue weighted by atomic mass is 10.1. The molecule has 198 valence electrons. The number of pyridine rings is 1. The summed E-state index contributed by atoms with van der Waals surface area (Å²) in [5, 5.41) is 14.0. The second kappa shape index (κ2) is 10.5. The molecule has 0 atom stereocenters. The molecule has 0 bridgehead atoms. The van der Waals surface area contributed by atoms with Crippen LogP contribution in [0.3, 0.4) is 0 Å². The summed E-state index contributed by atoms with van der Waals surface area (Å²) in [5.74, 6) is -1.47. The third-order valence-electron chi connectivity index (χ3n) is 5.98. The number of ether oxygens (including phenoxy) is 1. The normalized spacial score (nSPS) is 11.1. The zero-order valence-electron chi connectivity index (χ0n) is 20.9. The van der Waals surface area contributed by atoms with Gasteiger partial charge in [-0.25, -0.2) is 14.1 Å². The minimum atomic E-state index is -0.921. The van der Waals surface area contributed by atoms with Crippen molar-refractivity contribution in [3.63, 3.8) is 0 Å². The number of anilines is 2. The molecule has 0 amide bonds. The molecule has 0 saturated heterocycles. The quantitative estimate of drug-likeness (QED) is 0.144. The van der Waals surface area contributed by atoms with Gasteiger partial charge in [0.2, 0.25) is 11.7 Å². The van der Waals surface area contributed by atoms with Gasteiger partial charge in [-0.3, -0.25) is 9.59 Å². The zero-order chi connectivity index (χ0) is 27.7. The third kappa shape index (κ3) is 5.27. The fourth-order valence-electron chi connectivity index (χ4n) is 4.01. The van der Waals surface area contributed by atoms with Crippen molar-refractivity contribution in [1.82, 2.24) is 19.7 Å². The van der Waals surface area contributed by atoms with Gasteiger partial charge in [-0.05, 0) is 67.3 Å². The number of aromatic amines is 1. The third-order valence-corrected chi connectivity index (χ3v) is 6.73. The summed E-state index contributed by atoms with van der Waals surface area (Å²) < 4.78 is 23.9. The van der Waals surface area contributed by atoms with Crippen molar-refractivity contribution in [2.75, 3.05) is 16.2 Å². The predicted octanol–water partition coefficient (Wildman–Crippen LogP) is 5.25. The van der Waals surface area contributed by atoms with Crippen LogP contribution in [0.1, 0.15) is 27.2 Å². The van der Waals surface area contributed by atoms with Crippen LogP contribution < -0.4 is 15.2 Å². The van der Waals surface area contributed by atoms with Crippen LogP contribution in [-0.4, -0.2) is 42.4 Å². The Morgan fingerprint density at radius 3 is 2.69 bits per heavy atom. The van der Waals surface area contributed by atoms with E-state index in [0.29, 0.717) is 22.5 Å². The van der Waals surface area contributed by atoms with E-state index in [1.807, 2.05) is 19.1 Å². The van der Waals surface area contributed by atoms with E-state index in [4.69, 9.17) is 15.6 Å². The highest BCUT2D eigenvalue weighted by Crippen LogP contribution is 2.29. The molecule has 3 heterocycles. The van der Waals surface area contributed by atoms with E-state index in [1.54, 1.807) is 31.2 Å². The number of aryl methyl sites for hydroxylation is 2. The number of nitrogens with zero attached hydrogens (tertiary/aromatic N) is 3. The number of ketones is 1. The lowest BCUT2D eigenvalue weighted by Crippen LogP contribution is -2.09. The molecule has 10 nitrogen and oxygen atoms in total. The fraction of sp³-hybridized carbons (Fsp3) is 0.111. The maximum atomic E-state index is 13.9. The summed E-state index contributed by atoms with van der Waals surface area (Å²) in [6, 6.07) is 13.1. The molecule has 0 spiro atoms. The monoisotopic (exact) mass is 546 g/mol. The molecule has 2 aromatic carbocycles. The van der Waals surface area contributed by atoms with E-state index in [2.05, 4.69) is 19.8 Å². The van der Waals surface area contributed by atoms with Crippen LogP contribution in [0.25, 0.3) is 16.6 Å². The van der Waals surface area contributed by atoms with Crippen molar-refractivity contribution in [3.8, 4) is 17.3 Å². The molecule has 5 aromatic rings. The lowest BCUT2D eigenvalue weighted by Gasteiger charge is -2.11. The van der Waals surface area contributed by atoms with Gasteiger partial charge in [-0.1, -0.05) is 12.1 Å². The smallest absolute Gasteiger partial charge is 0.315 e. The molecule has 0 unspecified atom stereocenters. The Morgan fingerprint density at radius 1 is 1.15 bits per heavy atom. The van der Waals surface area contributed by atoms with E-state index in [1.165, 1.54) is 29.2 Å². The van der Waals surface area contributed by atoms with Crippen LogP contribution in [0, 0.1) is 19.7 Å². The van der Waals surface area contributed by atoms with Crippen molar-refractivity contribution in [1.29, 1.82) is 0 Å². The topological polar surface area (TPSA) is 148 Å². The van der Waals surface area contributed by atoms with E-state index < -0.39 is 11.8 Å². The number of fused-ring (bicyclic) bond motifs is 1. The number of carboxylic acid groups (broad SMARTS) is 1. The minimum Gasteiger partial charge on any atom is -0.481 e. The molecular weight excluding hydrogens is 523 g/mol. The highest BCUT2D eigenvalue weighted by atomic mass is 32.2. The minimum absolute atomic E-state index is 0.0547. The largest absolute Gasteiger partial charge is 0.481 e. The molecule has 0 aliphatic carbocycles. The van der Waals surface area contributed by atoms with Gasteiger partial charge in [0.15, 0.2) is 11.6 Å². The number of halogens is 1. The zero-order valence-corrected chi connectivity index (χ0v) is 21.7. The first-order chi connectivity index (χ1) is 18.7. The number of carbonyl (C=O) groups is 2. The Bertz CT molecular complexity index is 1730. The Hall–Kier alpha value is -4.84. The predicted molar refractivity (Wildman–Crippen MR) is 147 cm³/mol. The first-order valence-electron chi connectivity index (χ1n) is 11.7. The van der Waals surface area contributed by atoms with Crippen molar-refractivity contribution < 1.29 is 23.8 Å². The van der Waals surface area contributed by atoms with Crippen molar-refractivity contribution >= 4 is 46.1 Å². The molecule has 5 N–H and O–H groups in total. The van der Waals surface area contributed by atoms with E-state index in [-0.39, 0.29) is 34.5 Å². The Morgan fingerprint density at radius 2 is 1.95 bits per heavy atom. The molecule has 39 heavy (non-hydrogen) atoms. The highest BCUT2D eigenvalue weighted by Gasteiger charge is 2.21. The molecule has 0 fully saturated rings. The average molecular weight is 547 g/mol. The van der Waals surface area contributed by atoms with Gasteiger partial charge in [0.1, 0.15) is 11.6 Å². The summed E-state index contributed by atoms with van der Waals surface area (Å²) in [7, 11) is 0. The number of benzene rings is 2. The van der Waals surface area contributed by atoms with Gasteiger partial charge in [0, 0.05) is 22.7 Å². The van der Waals surface area contributed by atoms with Crippen LogP contribution in [0.4, 0.5) is 15.9 Å². The second-order valence-electron chi connectivity index (χ2n) is 8.75. The van der Waals surface area contributed by atoms with Gasteiger partial charge in [-0.15, -0.1) is 0 Å². The fourth-order valence-corrected chi connectivity index (χ4v) is 4.58. The number of nitrogens with one attached hydrogen (secondary N) is 2. The van der Waals surface area contributed by atoms with E-state index in [9.17, 15) is 14.0 Å². The van der Waals surface area contributed by atoms with Crippen LogP contribution in [0.15, 0.2) is 60.9 Å². The molecule has 0 aliphatic rings. The standard InChI is InChI=1S/C27H23FN6O4S/c1-14-7-16-9-21(32-20(16)10-19(14)33-39-13-25(35)36)26(37)17-11-31-34(27(17)29)22-12-30-24(8-15(22)2)38-23-6-4-3-5-18(23)28/h3-12,32-33H,13,29H2,1-2H3,(H,35,36). The first-order valence-corrected chi connectivity index (χ1v) is 12.7. The second-order valence-corrected chi connectivity index (χ2v) is 9.53. The number of aromatic nitrogens is 4. The molecule has 0 saturated carbocycles. The number of carboxylic acids is 1. The lowest BCUT2D eigenvalue weighted by molar-refractivity contribution is -0.133. The Kier molecular flexibility index (Phi) is 6.94. The number of nitrogens with two attached hydrogens (primary N) is 1. The van der Waals surface area contributed by atoms with Gasteiger partial charge >= 0.3 is 5.97 Å². The molecule has 3 aromatic heterocycles. The summed E-state index contributed by atoms with van der Waals surface area (Å²) in [6.07, 6.45) is 2.89. The van der Waals surface area contributed by atoms with Crippen molar-refractivity contribution in [3.05, 3.63) is 89.1 Å². The summed E-state index contributed by atoms with van der Waals surface area (Å²) >= 11 is 1.06. The van der Waals surface area contributed by atoms with Crippen LogP contribution in [0.5, 0.6) is 11.6 Å². The molecule has 0 aliphatic heterocycles. The number of carbonyl (C=O) groups excluding carboxylic acids is 1. The Labute approximate surface area is 226 Å². The summed E-state index contributed by atoms with van der Waals surface area (Å²) in [4.78, 5) is 31.5. The Balaban J connectivity index is 1.38. The number of H-pyrrole nitrogens is 1. The number of rotatable bonds is 9. The first kappa shape index (κ1) is 25.8. The van der Waals surface area contributed by atoms with Crippen LogP contribution >= 0.6 is 11.9 Å². The van der Waals surface area contributed by atoms with Gasteiger partial charge in [0.25, 0.3) is 0 Å². The van der Waals surface area contributed by atoms with Gasteiger partial charge in [0.05, 0.1) is 29.3 Å². The molecular formula is C27H23FN6O4S. The highest BCUT2D eigenvalue weighted by molar-refractivity contribution is 8.01. The number of nitrogen functional groups attached to an aromatic ring is 1. The summed E-state index contributed by atoms with van der Waals surface area (Å²) in [6.45, 7) is 3.69. The number of para-hydroxylation sites is 1. The van der Waals surface area contributed by atoms with Crippen LogP contribution in [-0.2, 0) is 4.79 Å². The van der Waals surface area contributed by atoms with E-state index >= 15 is 0 Å². The van der Waals surface area contributed by atoms with Crippen molar-refractivity contribution in [2.24, 2.45) is 0 Å². The SMILES string of the molecule is Cc1cc2cc(C(=O)c3cnn(-c4cnc(Oc5ccccc5F)cc4C)c3N)[nH]c2cc1NSCC(=O)O. The van der Waals surface area contributed by atoms with Gasteiger partial charge in [-0.2, -0.15) is 5.10 Å². The number of hydrogen-bond acceptors (Lipinski definition) is 8. The molecule has 0 radical (unpaired) electrons. The van der Waals surface area contributed by atoms with E-state index in [0.717, 1.165) is 28.6 Å². The van der Waals surface area contributed by atoms with Crippen molar-refractivity contribution in [2.45, 2.75) is 13.8 Å². The maximum Gasteiger partial charge on any atom is 0.315 e. The van der Waals surface area contributed by atoms with Gasteiger partial charge < -0.3 is 25.3 Å². The average Bonchev–Trinajstić information content (AvgIpc) is 3.48.